The first kappa shape index (κ1) is 25.0. The second-order valence-electron chi connectivity index (χ2n) is 9.81. The van der Waals surface area contributed by atoms with Crippen LogP contribution in [-0.4, -0.2) is 9.97 Å². The Labute approximate surface area is 242 Å². The van der Waals surface area contributed by atoms with E-state index in [1.165, 1.54) is 41.9 Å². The topological polar surface area (TPSA) is 25.8 Å². The summed E-state index contributed by atoms with van der Waals surface area (Å²) in [6, 6.07) is 56.0. The summed E-state index contributed by atoms with van der Waals surface area (Å²) in [5.74, 6) is 0. The summed E-state index contributed by atoms with van der Waals surface area (Å²) in [5, 5.41) is 0. The molecule has 0 amide bonds. The number of hydrogen-bond donors (Lipinski definition) is 0. The number of hydrogen-bond acceptors (Lipinski definition) is 2. The first-order valence-electron chi connectivity index (χ1n) is 13.8. The van der Waals surface area contributed by atoms with Crippen molar-refractivity contribution in [2.75, 3.05) is 0 Å². The lowest BCUT2D eigenvalue weighted by atomic mass is 9.90. The molecule has 1 aliphatic rings. The third kappa shape index (κ3) is 4.23. The molecular formula is C38H28N2S. The normalized spacial score (nSPS) is 15.1. The van der Waals surface area contributed by atoms with Gasteiger partial charge in [0.2, 0.25) is 0 Å². The van der Waals surface area contributed by atoms with Crippen molar-refractivity contribution in [1.29, 1.82) is 0 Å². The molecule has 0 bridgehead atoms. The highest BCUT2D eigenvalue weighted by atomic mass is 32.3. The van der Waals surface area contributed by atoms with Crippen molar-refractivity contribution in [3.05, 3.63) is 193 Å². The van der Waals surface area contributed by atoms with Gasteiger partial charge in [-0.15, -0.1) is 10.0 Å². The van der Waals surface area contributed by atoms with Gasteiger partial charge in [0.25, 0.3) is 0 Å². The SMILES string of the molecule is c1ccc(C2=C(c3ccccn3)S(c3ccccc3)(c3ccccc3)C(c3ccccn3)=C2c2ccccc2)cc1. The van der Waals surface area contributed by atoms with Gasteiger partial charge in [-0.2, -0.15) is 0 Å². The molecule has 0 aliphatic carbocycles. The van der Waals surface area contributed by atoms with Gasteiger partial charge in [-0.1, -0.05) is 109 Å². The zero-order valence-electron chi connectivity index (χ0n) is 22.5. The fraction of sp³-hybridized carbons (Fsp3) is 0. The van der Waals surface area contributed by atoms with Crippen LogP contribution in [0.1, 0.15) is 22.5 Å². The van der Waals surface area contributed by atoms with Crippen LogP contribution >= 0.6 is 10.0 Å². The smallest absolute Gasteiger partial charge is 0.0766 e. The fourth-order valence-electron chi connectivity index (χ4n) is 5.82. The zero-order chi connectivity index (χ0) is 27.5. The Morgan fingerprint density at radius 1 is 0.341 bits per heavy atom. The minimum Gasteiger partial charge on any atom is -0.256 e. The van der Waals surface area contributed by atoms with Gasteiger partial charge in [0, 0.05) is 43.1 Å². The third-order valence-corrected chi connectivity index (χ3v) is 11.4. The Bertz CT molecular complexity index is 1690. The molecule has 0 atom stereocenters. The van der Waals surface area contributed by atoms with Crippen LogP contribution in [0.3, 0.4) is 0 Å². The number of pyridine rings is 2. The lowest BCUT2D eigenvalue weighted by molar-refractivity contribution is 1.28. The van der Waals surface area contributed by atoms with Crippen molar-refractivity contribution in [3.63, 3.8) is 0 Å². The molecule has 2 nitrogen and oxygen atoms in total. The first-order valence-corrected chi connectivity index (χ1v) is 15.4. The maximum Gasteiger partial charge on any atom is 0.0766 e. The molecule has 4 aromatic carbocycles. The lowest BCUT2D eigenvalue weighted by Gasteiger charge is -2.42. The van der Waals surface area contributed by atoms with Crippen LogP contribution in [-0.2, 0) is 0 Å². The molecule has 41 heavy (non-hydrogen) atoms. The van der Waals surface area contributed by atoms with Crippen LogP contribution in [0.25, 0.3) is 21.0 Å². The van der Waals surface area contributed by atoms with Crippen molar-refractivity contribution in [2.45, 2.75) is 9.79 Å². The van der Waals surface area contributed by atoms with Gasteiger partial charge in [0.15, 0.2) is 0 Å². The van der Waals surface area contributed by atoms with E-state index in [0.29, 0.717) is 0 Å². The number of benzene rings is 4. The van der Waals surface area contributed by atoms with Crippen LogP contribution in [0, 0.1) is 0 Å². The highest BCUT2D eigenvalue weighted by Gasteiger charge is 2.48. The minimum absolute atomic E-state index is 0.980. The summed E-state index contributed by atoms with van der Waals surface area (Å²) in [4.78, 5) is 15.1. The van der Waals surface area contributed by atoms with E-state index >= 15 is 0 Å². The van der Waals surface area contributed by atoms with Gasteiger partial charge in [-0.05, 0) is 59.7 Å². The van der Waals surface area contributed by atoms with E-state index < -0.39 is 10.0 Å². The van der Waals surface area contributed by atoms with Crippen molar-refractivity contribution >= 4 is 31.0 Å². The van der Waals surface area contributed by atoms with Crippen molar-refractivity contribution in [2.24, 2.45) is 0 Å². The molecule has 3 heteroatoms. The summed E-state index contributed by atoms with van der Waals surface area (Å²) in [5.41, 5.74) is 6.71. The number of nitrogens with zero attached hydrogens (tertiary/aromatic N) is 2. The fourth-order valence-corrected chi connectivity index (χ4v) is 10.3. The highest BCUT2D eigenvalue weighted by Crippen LogP contribution is 2.84. The molecule has 2 aromatic heterocycles. The third-order valence-electron chi connectivity index (χ3n) is 7.43. The summed E-state index contributed by atoms with van der Waals surface area (Å²) in [7, 11) is -2.07. The van der Waals surface area contributed by atoms with Gasteiger partial charge >= 0.3 is 0 Å². The molecule has 0 saturated carbocycles. The van der Waals surface area contributed by atoms with Crippen LogP contribution < -0.4 is 0 Å². The molecule has 0 N–H and O–H groups in total. The molecule has 6 aromatic rings. The van der Waals surface area contributed by atoms with Gasteiger partial charge in [0.1, 0.15) is 0 Å². The highest BCUT2D eigenvalue weighted by molar-refractivity contribution is 8.48. The number of aromatic nitrogens is 2. The minimum atomic E-state index is -2.07. The molecule has 7 rings (SSSR count). The Morgan fingerprint density at radius 3 is 1.02 bits per heavy atom. The van der Waals surface area contributed by atoms with Crippen LogP contribution in [0.2, 0.25) is 0 Å². The molecule has 0 saturated heterocycles. The Morgan fingerprint density at radius 2 is 0.683 bits per heavy atom. The van der Waals surface area contributed by atoms with Gasteiger partial charge in [-0.3, -0.25) is 9.97 Å². The van der Waals surface area contributed by atoms with Gasteiger partial charge < -0.3 is 0 Å². The molecule has 196 valence electrons. The molecular weight excluding hydrogens is 516 g/mol. The monoisotopic (exact) mass is 544 g/mol. The number of allylic oxidation sites excluding steroid dienone is 2. The second kappa shape index (κ2) is 10.9. The van der Waals surface area contributed by atoms with E-state index in [1.807, 2.05) is 24.5 Å². The summed E-state index contributed by atoms with van der Waals surface area (Å²) in [6.45, 7) is 0. The maximum atomic E-state index is 5.05. The van der Waals surface area contributed by atoms with Crippen LogP contribution in [0.5, 0.6) is 0 Å². The maximum absolute atomic E-state index is 5.05. The van der Waals surface area contributed by atoms with Crippen LogP contribution in [0.15, 0.2) is 180 Å². The predicted molar refractivity (Wildman–Crippen MR) is 172 cm³/mol. The standard InChI is InChI=1S/C38H28N2S/c1-5-17-29(18-6-1)35-36(30-19-7-2-8-20-30)38(34-26-14-16-28-40-34)41(31-21-9-3-10-22-31,32-23-11-4-12-24-32)37(35)33-25-13-15-27-39-33/h1-28H. The molecule has 0 spiro atoms. The lowest BCUT2D eigenvalue weighted by Crippen LogP contribution is -2.07. The van der Waals surface area contributed by atoms with E-state index in [1.54, 1.807) is 0 Å². The van der Waals surface area contributed by atoms with Gasteiger partial charge in [-0.25, -0.2) is 0 Å². The van der Waals surface area contributed by atoms with E-state index in [0.717, 1.165) is 11.4 Å². The predicted octanol–water partition coefficient (Wildman–Crippen LogP) is 9.85. The van der Waals surface area contributed by atoms with Crippen molar-refractivity contribution in [3.8, 4) is 0 Å². The molecule has 3 heterocycles. The van der Waals surface area contributed by atoms with E-state index in [2.05, 4.69) is 146 Å². The van der Waals surface area contributed by atoms with Crippen molar-refractivity contribution < 1.29 is 0 Å². The number of rotatable bonds is 6. The second-order valence-corrected chi connectivity index (χ2v) is 12.8. The Kier molecular flexibility index (Phi) is 6.64. The van der Waals surface area contributed by atoms with Crippen molar-refractivity contribution in [1.82, 2.24) is 9.97 Å². The molecule has 0 radical (unpaired) electrons. The Hall–Kier alpha value is -4.99. The van der Waals surface area contributed by atoms with E-state index in [9.17, 15) is 0 Å². The molecule has 0 fully saturated rings. The van der Waals surface area contributed by atoms with E-state index in [-0.39, 0.29) is 0 Å². The summed E-state index contributed by atoms with van der Waals surface area (Å²) in [6.07, 6.45) is 3.82. The van der Waals surface area contributed by atoms with Crippen LogP contribution in [0.4, 0.5) is 0 Å². The summed E-state index contributed by atoms with van der Waals surface area (Å²) >= 11 is 0. The average molecular weight is 545 g/mol. The summed E-state index contributed by atoms with van der Waals surface area (Å²) < 4.78 is 0. The average Bonchev–Trinajstić information content (AvgIpc) is 3.40. The first-order chi connectivity index (χ1) is 20.4. The largest absolute Gasteiger partial charge is 0.256 e. The molecule has 0 unspecified atom stereocenters. The molecule has 1 aliphatic heterocycles. The quantitative estimate of drug-likeness (QED) is 0.208. The Balaban J connectivity index is 1.77. The van der Waals surface area contributed by atoms with E-state index in [4.69, 9.17) is 9.97 Å². The van der Waals surface area contributed by atoms with Gasteiger partial charge in [0.05, 0.1) is 11.4 Å². The zero-order valence-corrected chi connectivity index (χ0v) is 23.3.